The molecule has 0 radical (unpaired) electrons. The highest BCUT2D eigenvalue weighted by molar-refractivity contribution is 5.85. The third kappa shape index (κ3) is 3.43. The zero-order chi connectivity index (χ0) is 12.3. The van der Waals surface area contributed by atoms with Gasteiger partial charge in [0.1, 0.15) is 0 Å². The van der Waals surface area contributed by atoms with E-state index in [-0.39, 0.29) is 17.9 Å². The lowest BCUT2D eigenvalue weighted by Gasteiger charge is -2.17. The zero-order valence-electron chi connectivity index (χ0n) is 11.2. The summed E-state index contributed by atoms with van der Waals surface area (Å²) in [5.41, 5.74) is 5.94. The Labute approximate surface area is 115 Å². The van der Waals surface area contributed by atoms with E-state index in [1.165, 1.54) is 0 Å². The molecule has 0 aromatic carbocycles. The first-order valence-electron chi connectivity index (χ1n) is 6.44. The first-order chi connectivity index (χ1) is 8.14. The van der Waals surface area contributed by atoms with Gasteiger partial charge in [-0.2, -0.15) is 4.98 Å². The number of rotatable bonds is 5. The zero-order valence-corrected chi connectivity index (χ0v) is 12.0. The van der Waals surface area contributed by atoms with E-state index in [4.69, 9.17) is 10.3 Å². The molecule has 0 spiro atoms. The van der Waals surface area contributed by atoms with E-state index < -0.39 is 0 Å². The molecule has 1 aliphatic carbocycles. The fourth-order valence-corrected chi connectivity index (χ4v) is 2.44. The topological polar surface area (TPSA) is 68.2 Å². The number of hydrogen-bond donors (Lipinski definition) is 1. The predicted molar refractivity (Wildman–Crippen MR) is 72.5 cm³/mol. The summed E-state index contributed by atoms with van der Waals surface area (Å²) >= 11 is 0. The molecule has 0 aliphatic heterocycles. The van der Waals surface area contributed by atoms with E-state index in [9.17, 15) is 0 Å². The van der Waals surface area contributed by atoms with Crippen LogP contribution >= 0.6 is 12.4 Å². The van der Waals surface area contributed by atoms with E-state index >= 15 is 0 Å². The molecule has 1 saturated carbocycles. The number of hydrogen-bond acceptors (Lipinski definition) is 5. The van der Waals surface area contributed by atoms with Crippen LogP contribution in [0.5, 0.6) is 0 Å². The third-order valence-electron chi connectivity index (χ3n) is 3.42. The van der Waals surface area contributed by atoms with Crippen molar-refractivity contribution in [3.05, 3.63) is 11.7 Å². The Morgan fingerprint density at radius 2 is 2.06 bits per heavy atom. The van der Waals surface area contributed by atoms with Crippen LogP contribution in [0.2, 0.25) is 0 Å². The van der Waals surface area contributed by atoms with Gasteiger partial charge in [-0.3, -0.25) is 4.90 Å². The number of aromatic nitrogens is 2. The molecule has 0 amide bonds. The Hall–Kier alpha value is -0.650. The van der Waals surface area contributed by atoms with Gasteiger partial charge in [0.2, 0.25) is 5.89 Å². The van der Waals surface area contributed by atoms with Gasteiger partial charge in [-0.1, -0.05) is 24.9 Å². The molecule has 104 valence electrons. The van der Waals surface area contributed by atoms with Crippen molar-refractivity contribution in [1.29, 1.82) is 0 Å². The van der Waals surface area contributed by atoms with Crippen molar-refractivity contribution < 1.29 is 4.52 Å². The largest absolute Gasteiger partial charge is 0.338 e. The lowest BCUT2D eigenvalue weighted by molar-refractivity contribution is 0.265. The second kappa shape index (κ2) is 6.50. The van der Waals surface area contributed by atoms with E-state index in [0.29, 0.717) is 18.3 Å². The minimum Gasteiger partial charge on any atom is -0.338 e. The second-order valence-corrected chi connectivity index (χ2v) is 5.11. The number of nitrogens with zero attached hydrogens (tertiary/aromatic N) is 3. The van der Waals surface area contributed by atoms with Crippen LogP contribution in [0.1, 0.15) is 50.7 Å². The van der Waals surface area contributed by atoms with E-state index in [1.54, 1.807) is 0 Å². The lowest BCUT2D eigenvalue weighted by atomic mass is 9.99. The maximum absolute atomic E-state index is 6.28. The fourth-order valence-electron chi connectivity index (χ4n) is 2.44. The van der Waals surface area contributed by atoms with Gasteiger partial charge in [-0.25, -0.2) is 0 Å². The Morgan fingerprint density at radius 3 is 2.67 bits per heavy atom. The number of halogens is 1. The Bertz CT molecular complexity index is 363. The van der Waals surface area contributed by atoms with Crippen LogP contribution in [0.25, 0.3) is 0 Å². The van der Waals surface area contributed by atoms with Crippen molar-refractivity contribution in [2.75, 3.05) is 13.6 Å². The molecule has 6 heteroatoms. The van der Waals surface area contributed by atoms with Crippen molar-refractivity contribution in [3.63, 3.8) is 0 Å². The predicted octanol–water partition coefficient (Wildman–Crippen LogP) is 2.06. The van der Waals surface area contributed by atoms with E-state index in [2.05, 4.69) is 29.0 Å². The quantitative estimate of drug-likeness (QED) is 0.890. The highest BCUT2D eigenvalue weighted by atomic mass is 35.5. The van der Waals surface area contributed by atoms with Crippen LogP contribution in [-0.2, 0) is 12.1 Å². The van der Waals surface area contributed by atoms with Gasteiger partial charge in [0.05, 0.1) is 12.1 Å². The maximum Gasteiger partial charge on any atom is 0.240 e. The standard InChI is InChI=1S/C12H22N4O.ClH/c1-3-8-16(2)9-10-14-11(15-17-10)12(13)6-4-5-7-12;/h3-9,13H2,1-2H3;1H. The van der Waals surface area contributed by atoms with Crippen LogP contribution in [-0.4, -0.2) is 28.6 Å². The molecule has 1 fully saturated rings. The maximum atomic E-state index is 6.28. The molecular formula is C12H23ClN4O. The van der Waals surface area contributed by atoms with Gasteiger partial charge in [0.25, 0.3) is 0 Å². The Morgan fingerprint density at radius 1 is 1.39 bits per heavy atom. The Kier molecular flexibility index (Phi) is 5.56. The molecule has 18 heavy (non-hydrogen) atoms. The monoisotopic (exact) mass is 274 g/mol. The van der Waals surface area contributed by atoms with Crippen LogP contribution in [0.4, 0.5) is 0 Å². The highest BCUT2D eigenvalue weighted by Crippen LogP contribution is 2.34. The molecule has 1 aromatic rings. The molecule has 2 rings (SSSR count). The third-order valence-corrected chi connectivity index (χ3v) is 3.42. The smallest absolute Gasteiger partial charge is 0.240 e. The van der Waals surface area contributed by atoms with E-state index in [1.807, 2.05) is 0 Å². The van der Waals surface area contributed by atoms with Gasteiger partial charge in [0, 0.05) is 0 Å². The summed E-state index contributed by atoms with van der Waals surface area (Å²) < 4.78 is 5.28. The first-order valence-corrected chi connectivity index (χ1v) is 6.44. The lowest BCUT2D eigenvalue weighted by Crippen LogP contribution is -2.34. The normalized spacial score (nSPS) is 18.0. The molecular weight excluding hydrogens is 252 g/mol. The summed E-state index contributed by atoms with van der Waals surface area (Å²) in [4.78, 5) is 6.62. The van der Waals surface area contributed by atoms with E-state index in [0.717, 1.165) is 38.6 Å². The van der Waals surface area contributed by atoms with Gasteiger partial charge in [-0.15, -0.1) is 12.4 Å². The average Bonchev–Trinajstić information content (AvgIpc) is 2.88. The van der Waals surface area contributed by atoms with Gasteiger partial charge in [-0.05, 0) is 32.9 Å². The molecule has 0 saturated heterocycles. The van der Waals surface area contributed by atoms with Crippen molar-refractivity contribution in [2.24, 2.45) is 5.73 Å². The summed E-state index contributed by atoms with van der Waals surface area (Å²) in [5.74, 6) is 1.36. The minimum atomic E-state index is -0.342. The molecule has 2 N–H and O–H groups in total. The molecule has 0 atom stereocenters. The molecule has 1 heterocycles. The second-order valence-electron chi connectivity index (χ2n) is 5.11. The van der Waals surface area contributed by atoms with Crippen LogP contribution in [0, 0.1) is 0 Å². The Balaban J connectivity index is 0.00000162. The molecule has 1 aliphatic rings. The SMILES string of the molecule is CCCN(C)Cc1nc(C2(N)CCCC2)no1.Cl. The van der Waals surface area contributed by atoms with Gasteiger partial charge < -0.3 is 10.3 Å². The van der Waals surface area contributed by atoms with Crippen LogP contribution < -0.4 is 5.73 Å². The van der Waals surface area contributed by atoms with Crippen LogP contribution in [0.3, 0.4) is 0 Å². The summed E-state index contributed by atoms with van der Waals surface area (Å²) in [5, 5.41) is 4.05. The van der Waals surface area contributed by atoms with Gasteiger partial charge in [0.15, 0.2) is 5.82 Å². The fraction of sp³-hybridized carbons (Fsp3) is 0.833. The highest BCUT2D eigenvalue weighted by Gasteiger charge is 2.35. The summed E-state index contributed by atoms with van der Waals surface area (Å²) in [6, 6.07) is 0. The summed E-state index contributed by atoms with van der Waals surface area (Å²) in [6.07, 6.45) is 5.39. The first kappa shape index (κ1) is 15.4. The molecule has 0 unspecified atom stereocenters. The van der Waals surface area contributed by atoms with Crippen molar-refractivity contribution >= 4 is 12.4 Å². The molecule has 1 aromatic heterocycles. The van der Waals surface area contributed by atoms with Crippen molar-refractivity contribution in [1.82, 2.24) is 15.0 Å². The number of nitrogens with two attached hydrogens (primary N) is 1. The minimum absolute atomic E-state index is 0. The van der Waals surface area contributed by atoms with Gasteiger partial charge >= 0.3 is 0 Å². The summed E-state index contributed by atoms with van der Waals surface area (Å²) in [7, 11) is 2.06. The average molecular weight is 275 g/mol. The van der Waals surface area contributed by atoms with Crippen LogP contribution in [0.15, 0.2) is 4.52 Å². The molecule has 5 nitrogen and oxygen atoms in total. The van der Waals surface area contributed by atoms with Crippen molar-refractivity contribution in [2.45, 2.75) is 51.1 Å². The van der Waals surface area contributed by atoms with Crippen molar-refractivity contribution in [3.8, 4) is 0 Å². The summed E-state index contributed by atoms with van der Waals surface area (Å²) in [6.45, 7) is 3.89. The molecule has 0 bridgehead atoms.